The maximum Gasteiger partial charge on any atom is 0.266 e. The van der Waals surface area contributed by atoms with Crippen LogP contribution in [0.5, 0.6) is 0 Å². The molecule has 2 fully saturated rings. The molecule has 0 unspecified atom stereocenters. The quantitative estimate of drug-likeness (QED) is 0.421. The number of carbonyl (C=O) groups is 2. The number of amides is 2. The molecule has 0 aliphatic carbocycles. The summed E-state index contributed by atoms with van der Waals surface area (Å²) in [5.74, 6) is -1.97. The van der Waals surface area contributed by atoms with Crippen LogP contribution in [0.1, 0.15) is 11.6 Å². The van der Waals surface area contributed by atoms with Crippen molar-refractivity contribution in [3.63, 3.8) is 0 Å². The largest absolute Gasteiger partial charge is 0.273 e. The van der Waals surface area contributed by atoms with E-state index in [9.17, 15) is 14.0 Å². The zero-order chi connectivity index (χ0) is 22.5. The van der Waals surface area contributed by atoms with Gasteiger partial charge in [0, 0.05) is 0 Å². The van der Waals surface area contributed by atoms with Gasteiger partial charge in [-0.25, -0.2) is 14.4 Å². The number of rotatable bonds is 3. The predicted molar refractivity (Wildman–Crippen MR) is 123 cm³/mol. The SMILES string of the molecule is O=C1[C@H]2[C@@H](ON(c3ccccc3)[C@H]2c2cccc3ccccc23)C(=O)N1c1ccc(F)cc1. The van der Waals surface area contributed by atoms with Crippen LogP contribution in [-0.4, -0.2) is 17.9 Å². The first kappa shape index (κ1) is 19.6. The zero-order valence-corrected chi connectivity index (χ0v) is 17.5. The lowest BCUT2D eigenvalue weighted by Gasteiger charge is -2.29. The smallest absolute Gasteiger partial charge is 0.266 e. The van der Waals surface area contributed by atoms with Crippen molar-refractivity contribution >= 4 is 34.0 Å². The number of fused-ring (bicyclic) bond motifs is 2. The van der Waals surface area contributed by atoms with Crippen LogP contribution < -0.4 is 9.96 Å². The molecule has 0 saturated carbocycles. The van der Waals surface area contributed by atoms with Crippen molar-refractivity contribution in [1.29, 1.82) is 0 Å². The highest BCUT2D eigenvalue weighted by Gasteiger charge is 2.60. The second-order valence-electron chi connectivity index (χ2n) is 8.21. The number of benzene rings is 4. The maximum absolute atomic E-state index is 13.7. The Bertz CT molecular complexity index is 1370. The highest BCUT2D eigenvalue weighted by atomic mass is 19.1. The Morgan fingerprint density at radius 3 is 2.18 bits per heavy atom. The first-order chi connectivity index (χ1) is 16.1. The number of hydrogen-bond donors (Lipinski definition) is 0. The van der Waals surface area contributed by atoms with E-state index in [1.54, 1.807) is 5.06 Å². The van der Waals surface area contributed by atoms with Crippen LogP contribution in [0, 0.1) is 11.7 Å². The second-order valence-corrected chi connectivity index (χ2v) is 8.21. The van der Waals surface area contributed by atoms with E-state index in [1.165, 1.54) is 24.3 Å². The number of anilines is 2. The molecule has 5 nitrogen and oxygen atoms in total. The number of imide groups is 1. The Balaban J connectivity index is 1.50. The van der Waals surface area contributed by atoms with Gasteiger partial charge in [-0.2, -0.15) is 0 Å². The summed E-state index contributed by atoms with van der Waals surface area (Å²) in [7, 11) is 0. The van der Waals surface area contributed by atoms with E-state index in [0.717, 1.165) is 26.9 Å². The van der Waals surface area contributed by atoms with E-state index in [-0.39, 0.29) is 5.91 Å². The standard InChI is InChI=1S/C27H19FN2O3/c28-18-13-15-19(16-14-18)29-26(31)23-24(22-12-6-8-17-7-4-5-11-21(17)22)30(33-25(23)27(29)32)20-9-2-1-3-10-20/h1-16,23-25H/t23-,24+,25-/m1/s1. The molecule has 0 bridgehead atoms. The van der Waals surface area contributed by atoms with Crippen LogP contribution >= 0.6 is 0 Å². The van der Waals surface area contributed by atoms with E-state index in [2.05, 4.69) is 0 Å². The van der Waals surface area contributed by atoms with E-state index >= 15 is 0 Å². The van der Waals surface area contributed by atoms with Crippen molar-refractivity contribution in [3.8, 4) is 0 Å². The van der Waals surface area contributed by atoms with Gasteiger partial charge in [-0.05, 0) is 52.7 Å². The molecule has 162 valence electrons. The fourth-order valence-corrected chi connectivity index (χ4v) is 4.88. The molecule has 2 saturated heterocycles. The van der Waals surface area contributed by atoms with Crippen LogP contribution in [-0.2, 0) is 14.4 Å². The van der Waals surface area contributed by atoms with Crippen molar-refractivity contribution in [2.75, 3.05) is 9.96 Å². The number of hydrogen-bond acceptors (Lipinski definition) is 4. The van der Waals surface area contributed by atoms with E-state index < -0.39 is 29.8 Å². The first-order valence-electron chi connectivity index (χ1n) is 10.8. The van der Waals surface area contributed by atoms with Gasteiger partial charge < -0.3 is 0 Å². The third-order valence-electron chi connectivity index (χ3n) is 6.35. The summed E-state index contributed by atoms with van der Waals surface area (Å²) >= 11 is 0. The minimum absolute atomic E-state index is 0.340. The number of hydroxylamine groups is 1. The monoisotopic (exact) mass is 438 g/mol. The molecule has 4 aromatic carbocycles. The maximum atomic E-state index is 13.7. The van der Waals surface area contributed by atoms with Gasteiger partial charge in [0.15, 0.2) is 6.10 Å². The highest BCUT2D eigenvalue weighted by molar-refractivity contribution is 6.24. The molecule has 33 heavy (non-hydrogen) atoms. The fourth-order valence-electron chi connectivity index (χ4n) is 4.88. The Morgan fingerprint density at radius 1 is 0.697 bits per heavy atom. The van der Waals surface area contributed by atoms with E-state index in [1.807, 2.05) is 72.8 Å². The highest BCUT2D eigenvalue weighted by Crippen LogP contribution is 2.48. The van der Waals surface area contributed by atoms with E-state index in [0.29, 0.717) is 5.69 Å². The molecule has 4 aromatic rings. The van der Waals surface area contributed by atoms with Crippen LogP contribution in [0.25, 0.3) is 10.8 Å². The van der Waals surface area contributed by atoms with Gasteiger partial charge in [-0.3, -0.25) is 14.4 Å². The molecule has 0 radical (unpaired) electrons. The molecular weight excluding hydrogens is 419 g/mol. The van der Waals surface area contributed by atoms with Crippen molar-refractivity contribution in [2.24, 2.45) is 5.92 Å². The summed E-state index contributed by atoms with van der Waals surface area (Å²) < 4.78 is 13.4. The zero-order valence-electron chi connectivity index (χ0n) is 17.5. The fraction of sp³-hybridized carbons (Fsp3) is 0.111. The molecule has 2 aliphatic rings. The topological polar surface area (TPSA) is 49.9 Å². The Labute approximate surface area is 189 Å². The van der Waals surface area contributed by atoms with Gasteiger partial charge >= 0.3 is 0 Å². The molecule has 2 aliphatic heterocycles. The third-order valence-corrected chi connectivity index (χ3v) is 6.35. The van der Waals surface area contributed by atoms with Crippen molar-refractivity contribution in [3.05, 3.63) is 108 Å². The number of nitrogens with zero attached hydrogens (tertiary/aromatic N) is 2. The molecule has 2 amide bonds. The molecule has 0 spiro atoms. The normalized spacial score (nSPS) is 22.3. The molecule has 2 heterocycles. The molecule has 3 atom stereocenters. The summed E-state index contributed by atoms with van der Waals surface area (Å²) in [6, 6.07) is 28.2. The van der Waals surface area contributed by atoms with Crippen LogP contribution in [0.3, 0.4) is 0 Å². The lowest BCUT2D eigenvalue weighted by atomic mass is 9.87. The molecule has 0 N–H and O–H groups in total. The van der Waals surface area contributed by atoms with Gasteiger partial charge in [0.2, 0.25) is 5.91 Å². The van der Waals surface area contributed by atoms with Crippen molar-refractivity contribution in [2.45, 2.75) is 12.1 Å². The average molecular weight is 438 g/mol. The summed E-state index contributed by atoms with van der Waals surface area (Å²) in [5.41, 5.74) is 2.01. The first-order valence-corrected chi connectivity index (χ1v) is 10.8. The van der Waals surface area contributed by atoms with Crippen molar-refractivity contribution in [1.82, 2.24) is 0 Å². The van der Waals surface area contributed by atoms with Crippen LogP contribution in [0.15, 0.2) is 97.1 Å². The van der Waals surface area contributed by atoms with Crippen molar-refractivity contribution < 1.29 is 18.8 Å². The Morgan fingerprint density at radius 2 is 1.39 bits per heavy atom. The Kier molecular flexibility index (Phi) is 4.48. The van der Waals surface area contributed by atoms with Gasteiger partial charge in [-0.15, -0.1) is 0 Å². The van der Waals surface area contributed by atoms with Crippen LogP contribution in [0.4, 0.5) is 15.8 Å². The van der Waals surface area contributed by atoms with E-state index in [4.69, 9.17) is 4.84 Å². The number of carbonyl (C=O) groups excluding carboxylic acids is 2. The minimum atomic E-state index is -0.966. The Hall–Kier alpha value is -4.03. The summed E-state index contributed by atoms with van der Waals surface area (Å²) in [6.45, 7) is 0. The molecule has 0 aromatic heterocycles. The average Bonchev–Trinajstić information content (AvgIpc) is 3.36. The van der Waals surface area contributed by atoms with Gasteiger partial charge in [-0.1, -0.05) is 60.7 Å². The van der Waals surface area contributed by atoms with Gasteiger partial charge in [0.1, 0.15) is 11.7 Å². The third kappa shape index (κ3) is 3.02. The van der Waals surface area contributed by atoms with Gasteiger partial charge in [0.05, 0.1) is 17.4 Å². The minimum Gasteiger partial charge on any atom is -0.273 e. The molecule has 6 rings (SSSR count). The lowest BCUT2D eigenvalue weighted by molar-refractivity contribution is -0.126. The predicted octanol–water partition coefficient (Wildman–Crippen LogP) is 5.03. The summed E-state index contributed by atoms with van der Waals surface area (Å²) in [5, 5.41) is 3.73. The lowest BCUT2D eigenvalue weighted by Crippen LogP contribution is -2.37. The number of halogens is 1. The molecule has 6 heteroatoms. The number of para-hydroxylation sites is 1. The second kappa shape index (κ2) is 7.53. The van der Waals surface area contributed by atoms with Gasteiger partial charge in [0.25, 0.3) is 5.91 Å². The molecular formula is C27H19FN2O3. The van der Waals surface area contributed by atoms with Crippen LogP contribution in [0.2, 0.25) is 0 Å². The summed E-state index contributed by atoms with van der Waals surface area (Å²) in [6.07, 6.45) is -0.966. The summed E-state index contributed by atoms with van der Waals surface area (Å²) in [4.78, 5) is 34.4.